The Labute approximate surface area is 194 Å². The molecule has 2 aliphatic rings. The molecule has 0 aromatic heterocycles. The lowest BCUT2D eigenvalue weighted by Gasteiger charge is -2.30. The van der Waals surface area contributed by atoms with Gasteiger partial charge in [-0.2, -0.15) is 4.72 Å². The van der Waals surface area contributed by atoms with Gasteiger partial charge in [-0.1, -0.05) is 30.3 Å². The van der Waals surface area contributed by atoms with E-state index in [4.69, 9.17) is 4.74 Å². The van der Waals surface area contributed by atoms with Crippen molar-refractivity contribution in [2.75, 3.05) is 31.2 Å². The molecule has 2 aliphatic heterocycles. The molecule has 0 spiro atoms. The van der Waals surface area contributed by atoms with Crippen molar-refractivity contribution in [3.63, 3.8) is 0 Å². The number of carbonyl (C=O) groups excluding carboxylic acids is 2. The molecule has 0 aliphatic carbocycles. The third-order valence-corrected chi connectivity index (χ3v) is 7.59. The number of carbonyl (C=O) groups is 2. The van der Waals surface area contributed by atoms with E-state index in [1.165, 1.54) is 13.0 Å². The number of fused-ring (bicyclic) bond motifs is 1. The van der Waals surface area contributed by atoms with Gasteiger partial charge in [0.25, 0.3) is 0 Å². The van der Waals surface area contributed by atoms with Crippen LogP contribution in [0.4, 0.5) is 5.69 Å². The monoisotopic (exact) mass is 471 g/mol. The largest absolute Gasteiger partial charge is 0.378 e. The highest BCUT2D eigenvalue weighted by atomic mass is 32.2. The maximum atomic E-state index is 13.3. The van der Waals surface area contributed by atoms with Crippen LogP contribution in [-0.2, 0) is 37.2 Å². The van der Waals surface area contributed by atoms with Crippen molar-refractivity contribution in [3.05, 3.63) is 59.7 Å². The van der Waals surface area contributed by atoms with Gasteiger partial charge in [-0.3, -0.25) is 9.59 Å². The number of hydrogen-bond acceptors (Lipinski definition) is 5. The fourth-order valence-electron chi connectivity index (χ4n) is 4.54. The molecule has 1 fully saturated rings. The van der Waals surface area contributed by atoms with Crippen LogP contribution in [0.3, 0.4) is 0 Å². The zero-order valence-corrected chi connectivity index (χ0v) is 19.7. The Morgan fingerprint density at radius 3 is 2.48 bits per heavy atom. The number of nitrogens with zero attached hydrogens (tertiary/aromatic N) is 2. The summed E-state index contributed by atoms with van der Waals surface area (Å²) in [7, 11) is -3.97. The molecule has 2 heterocycles. The van der Waals surface area contributed by atoms with E-state index in [1.54, 1.807) is 21.9 Å². The van der Waals surface area contributed by atoms with Crippen LogP contribution in [0.5, 0.6) is 0 Å². The van der Waals surface area contributed by atoms with E-state index in [-0.39, 0.29) is 29.2 Å². The summed E-state index contributed by atoms with van der Waals surface area (Å²) in [6.45, 7) is 5.18. The highest BCUT2D eigenvalue weighted by Crippen LogP contribution is 2.34. The molecule has 2 aromatic rings. The Bertz CT molecular complexity index is 1130. The number of sulfonamides is 1. The molecular weight excluding hydrogens is 442 g/mol. The average Bonchev–Trinajstić information content (AvgIpc) is 3.14. The Morgan fingerprint density at radius 2 is 1.82 bits per heavy atom. The third-order valence-electron chi connectivity index (χ3n) is 6.12. The lowest BCUT2D eigenvalue weighted by Crippen LogP contribution is -2.52. The van der Waals surface area contributed by atoms with Gasteiger partial charge in [-0.05, 0) is 49.1 Å². The molecule has 0 bridgehead atoms. The number of benzene rings is 2. The predicted octanol–water partition coefficient (Wildman–Crippen LogP) is 1.73. The normalized spacial score (nSPS) is 19.3. The van der Waals surface area contributed by atoms with Crippen molar-refractivity contribution in [2.45, 2.75) is 43.7 Å². The van der Waals surface area contributed by atoms with Gasteiger partial charge >= 0.3 is 0 Å². The second-order valence-corrected chi connectivity index (χ2v) is 10.2. The van der Waals surface area contributed by atoms with Crippen molar-refractivity contribution >= 4 is 27.5 Å². The number of morpholine rings is 1. The zero-order valence-electron chi connectivity index (χ0n) is 18.9. The summed E-state index contributed by atoms with van der Waals surface area (Å²) < 4.78 is 34.6. The fraction of sp³-hybridized carbons (Fsp3) is 0.417. The van der Waals surface area contributed by atoms with Gasteiger partial charge < -0.3 is 14.5 Å². The van der Waals surface area contributed by atoms with Gasteiger partial charge in [0, 0.05) is 31.7 Å². The van der Waals surface area contributed by atoms with Gasteiger partial charge in [0.1, 0.15) is 6.04 Å². The molecule has 0 saturated carbocycles. The van der Waals surface area contributed by atoms with E-state index < -0.39 is 16.1 Å². The molecule has 2 aromatic carbocycles. The van der Waals surface area contributed by atoms with Gasteiger partial charge in [0.05, 0.1) is 18.1 Å². The standard InChI is InChI=1S/C24H29N3O5S/c1-17-14-20-16-21(8-9-23(20)27(17)18(2)28)33(30,31)25-22(15-19-6-4-3-5-7-19)24(29)26-10-12-32-13-11-26/h3-9,16-17,22,25H,10-15H2,1-2H3/t17-,22+/m1/s1. The summed E-state index contributed by atoms with van der Waals surface area (Å²) in [4.78, 5) is 28.7. The van der Waals surface area contributed by atoms with E-state index in [2.05, 4.69) is 4.72 Å². The number of hydrogen-bond donors (Lipinski definition) is 1. The Morgan fingerprint density at radius 1 is 1.12 bits per heavy atom. The average molecular weight is 472 g/mol. The van der Waals surface area contributed by atoms with E-state index in [9.17, 15) is 18.0 Å². The van der Waals surface area contributed by atoms with Gasteiger partial charge in [-0.15, -0.1) is 0 Å². The summed E-state index contributed by atoms with van der Waals surface area (Å²) in [6.07, 6.45) is 0.828. The van der Waals surface area contributed by atoms with Crippen LogP contribution in [0.15, 0.2) is 53.4 Å². The minimum Gasteiger partial charge on any atom is -0.378 e. The van der Waals surface area contributed by atoms with Gasteiger partial charge in [-0.25, -0.2) is 8.42 Å². The molecule has 0 radical (unpaired) electrons. The van der Waals surface area contributed by atoms with Crippen LogP contribution in [0.25, 0.3) is 0 Å². The molecule has 1 saturated heterocycles. The Balaban J connectivity index is 1.60. The molecular formula is C24H29N3O5S. The van der Waals surface area contributed by atoms with Gasteiger partial charge in [0.2, 0.25) is 21.8 Å². The molecule has 33 heavy (non-hydrogen) atoms. The number of ether oxygens (including phenoxy) is 1. The second-order valence-electron chi connectivity index (χ2n) is 8.53. The molecule has 0 unspecified atom stereocenters. The van der Waals surface area contributed by atoms with Crippen LogP contribution >= 0.6 is 0 Å². The topological polar surface area (TPSA) is 96.0 Å². The molecule has 9 heteroatoms. The highest BCUT2D eigenvalue weighted by Gasteiger charge is 2.33. The van der Waals surface area contributed by atoms with E-state index in [0.29, 0.717) is 32.7 Å². The fourth-order valence-corrected chi connectivity index (χ4v) is 5.78. The van der Waals surface area contributed by atoms with E-state index in [1.807, 2.05) is 37.3 Å². The molecule has 2 amide bonds. The highest BCUT2D eigenvalue weighted by molar-refractivity contribution is 7.89. The van der Waals surface area contributed by atoms with Crippen molar-refractivity contribution < 1.29 is 22.7 Å². The number of anilines is 1. The second kappa shape index (κ2) is 9.62. The first-order valence-corrected chi connectivity index (χ1v) is 12.6. The van der Waals surface area contributed by atoms with Crippen molar-refractivity contribution in [3.8, 4) is 0 Å². The first-order valence-electron chi connectivity index (χ1n) is 11.1. The number of nitrogens with one attached hydrogen (secondary N) is 1. The summed E-state index contributed by atoms with van der Waals surface area (Å²) in [5.74, 6) is -0.336. The first-order chi connectivity index (χ1) is 15.8. The van der Waals surface area contributed by atoms with E-state index in [0.717, 1.165) is 16.8 Å². The molecule has 4 rings (SSSR count). The maximum Gasteiger partial charge on any atom is 0.241 e. The SMILES string of the molecule is CC(=O)N1c2ccc(S(=O)(=O)N[C@@H](Cc3ccccc3)C(=O)N3CCOCC3)cc2C[C@H]1C. The van der Waals surface area contributed by atoms with Crippen LogP contribution in [0, 0.1) is 0 Å². The predicted molar refractivity (Wildman–Crippen MR) is 124 cm³/mol. The Hall–Kier alpha value is -2.75. The zero-order chi connectivity index (χ0) is 23.6. The van der Waals surface area contributed by atoms with E-state index >= 15 is 0 Å². The van der Waals surface area contributed by atoms with Crippen LogP contribution in [0.1, 0.15) is 25.0 Å². The summed E-state index contributed by atoms with van der Waals surface area (Å²) in [6, 6.07) is 13.2. The smallest absolute Gasteiger partial charge is 0.241 e. The summed E-state index contributed by atoms with van der Waals surface area (Å²) in [5.41, 5.74) is 2.41. The lowest BCUT2D eigenvalue weighted by molar-refractivity contribution is -0.137. The third kappa shape index (κ3) is 5.10. The van der Waals surface area contributed by atoms with Crippen molar-refractivity contribution in [2.24, 2.45) is 0 Å². The van der Waals surface area contributed by atoms with Crippen LogP contribution in [0.2, 0.25) is 0 Å². The number of rotatable bonds is 6. The molecule has 8 nitrogen and oxygen atoms in total. The van der Waals surface area contributed by atoms with Crippen molar-refractivity contribution in [1.82, 2.24) is 9.62 Å². The molecule has 1 N–H and O–H groups in total. The molecule has 176 valence electrons. The minimum absolute atomic E-state index is 0.0304. The summed E-state index contributed by atoms with van der Waals surface area (Å²) >= 11 is 0. The van der Waals surface area contributed by atoms with Crippen molar-refractivity contribution in [1.29, 1.82) is 0 Å². The minimum atomic E-state index is -3.97. The maximum absolute atomic E-state index is 13.3. The van der Waals surface area contributed by atoms with Gasteiger partial charge in [0.15, 0.2) is 0 Å². The van der Waals surface area contributed by atoms with Crippen LogP contribution in [-0.4, -0.2) is 63.5 Å². The molecule has 2 atom stereocenters. The first kappa shape index (κ1) is 23.4. The van der Waals surface area contributed by atoms with Crippen LogP contribution < -0.4 is 9.62 Å². The Kier molecular flexibility index (Phi) is 6.83. The summed E-state index contributed by atoms with van der Waals surface area (Å²) in [5, 5.41) is 0. The number of amides is 2. The lowest BCUT2D eigenvalue weighted by atomic mass is 10.1. The quantitative estimate of drug-likeness (QED) is 0.692.